The van der Waals surface area contributed by atoms with E-state index in [2.05, 4.69) is 0 Å². The highest BCUT2D eigenvalue weighted by molar-refractivity contribution is 6.22. The van der Waals surface area contributed by atoms with Gasteiger partial charge in [-0.2, -0.15) is 0 Å². The minimum Gasteiger partial charge on any atom is -0.511 e. The molecule has 2 aromatic rings. The van der Waals surface area contributed by atoms with Crippen LogP contribution in [0, 0.1) is 11.8 Å². The monoisotopic (exact) mass is 352 g/mol. The topological polar surface area (TPSA) is 112 Å². The number of rotatable bonds is 1. The van der Waals surface area contributed by atoms with Crippen molar-refractivity contribution in [2.24, 2.45) is 11.8 Å². The number of Topliss-reactive ketones (excluding diaryl/α,β-unsaturated/α-hetero) is 3. The van der Waals surface area contributed by atoms with E-state index in [1.165, 1.54) is 13.0 Å². The van der Waals surface area contributed by atoms with Crippen molar-refractivity contribution >= 4 is 28.1 Å². The first kappa shape index (κ1) is 16.3. The normalized spacial score (nSPS) is 22.3. The molecular weight excluding hydrogens is 336 g/mol. The molecule has 6 nitrogen and oxygen atoms in total. The number of fused-ring (bicyclic) bond motifs is 3. The van der Waals surface area contributed by atoms with E-state index >= 15 is 0 Å². The van der Waals surface area contributed by atoms with E-state index in [0.717, 1.165) is 0 Å². The van der Waals surface area contributed by atoms with Gasteiger partial charge in [-0.05, 0) is 36.3 Å². The van der Waals surface area contributed by atoms with E-state index in [1.54, 1.807) is 18.2 Å². The number of aliphatic hydroxyl groups is 1. The lowest BCUT2D eigenvalue weighted by atomic mass is 9.67. The number of carbonyl (C=O) groups excluding carboxylic acids is 3. The second-order valence-electron chi connectivity index (χ2n) is 6.88. The molecule has 2 aliphatic carbocycles. The van der Waals surface area contributed by atoms with E-state index in [-0.39, 0.29) is 34.4 Å². The first-order valence-corrected chi connectivity index (χ1v) is 8.29. The standard InChI is InChI=1S/C20H16O6/c1-8(21)14-13(23)7-11-6-10-5-9-3-2-4-12(22)15(9)19(25)16(10)20(26)17(11)18(14)24/h2-5,11,17,22,24-25H,6-7H2,1H3. The second-order valence-corrected chi connectivity index (χ2v) is 6.88. The fraction of sp³-hybridized carbons (Fsp3) is 0.250. The Labute approximate surface area is 148 Å². The molecule has 0 saturated carbocycles. The van der Waals surface area contributed by atoms with Crippen molar-refractivity contribution in [1.29, 1.82) is 0 Å². The molecule has 26 heavy (non-hydrogen) atoms. The van der Waals surface area contributed by atoms with Crippen LogP contribution in [0.2, 0.25) is 0 Å². The van der Waals surface area contributed by atoms with Gasteiger partial charge in [-0.3, -0.25) is 14.4 Å². The minimum absolute atomic E-state index is 0.00629. The molecule has 0 bridgehead atoms. The lowest BCUT2D eigenvalue weighted by Crippen LogP contribution is -2.40. The number of phenols is 2. The van der Waals surface area contributed by atoms with Crippen LogP contribution in [0.1, 0.15) is 29.3 Å². The van der Waals surface area contributed by atoms with Crippen molar-refractivity contribution in [2.45, 2.75) is 19.8 Å². The van der Waals surface area contributed by atoms with Gasteiger partial charge in [-0.25, -0.2) is 0 Å². The number of carbonyl (C=O) groups is 3. The predicted octanol–water partition coefficient (Wildman–Crippen LogP) is 2.60. The van der Waals surface area contributed by atoms with Crippen LogP contribution in [-0.4, -0.2) is 32.7 Å². The Bertz CT molecular complexity index is 1050. The maximum Gasteiger partial charge on any atom is 0.177 e. The van der Waals surface area contributed by atoms with Crippen molar-refractivity contribution < 1.29 is 29.7 Å². The Kier molecular flexibility index (Phi) is 3.41. The van der Waals surface area contributed by atoms with Crippen LogP contribution in [0.4, 0.5) is 0 Å². The maximum atomic E-state index is 13.1. The number of benzene rings is 2. The molecule has 6 heteroatoms. The molecule has 0 radical (unpaired) electrons. The molecule has 2 aliphatic rings. The van der Waals surface area contributed by atoms with Gasteiger partial charge in [0.15, 0.2) is 17.3 Å². The predicted molar refractivity (Wildman–Crippen MR) is 92.3 cm³/mol. The lowest BCUT2D eigenvalue weighted by molar-refractivity contribution is -0.122. The molecule has 0 amide bonds. The van der Waals surface area contributed by atoms with Gasteiger partial charge in [0, 0.05) is 6.42 Å². The molecule has 132 valence electrons. The Balaban J connectivity index is 1.96. The van der Waals surface area contributed by atoms with Gasteiger partial charge in [0.2, 0.25) is 0 Å². The summed E-state index contributed by atoms with van der Waals surface area (Å²) in [5.41, 5.74) is 0.272. The van der Waals surface area contributed by atoms with Crippen LogP contribution < -0.4 is 0 Å². The fourth-order valence-corrected chi connectivity index (χ4v) is 4.23. The number of aliphatic hydroxyl groups excluding tert-OH is 1. The minimum atomic E-state index is -1.03. The third kappa shape index (κ3) is 2.08. The van der Waals surface area contributed by atoms with Gasteiger partial charge in [-0.15, -0.1) is 0 Å². The zero-order valence-corrected chi connectivity index (χ0v) is 13.9. The van der Waals surface area contributed by atoms with Crippen molar-refractivity contribution in [3.05, 3.63) is 46.7 Å². The lowest BCUT2D eigenvalue weighted by Gasteiger charge is -2.35. The number of allylic oxidation sites excluding steroid dienone is 2. The van der Waals surface area contributed by atoms with Crippen LogP contribution >= 0.6 is 0 Å². The summed E-state index contributed by atoms with van der Waals surface area (Å²) in [7, 11) is 0. The third-order valence-corrected chi connectivity index (χ3v) is 5.31. The Morgan fingerprint density at radius 1 is 1.12 bits per heavy atom. The van der Waals surface area contributed by atoms with Crippen LogP contribution in [0.15, 0.2) is 35.6 Å². The number of aromatic hydroxyl groups is 2. The second kappa shape index (κ2) is 5.42. The van der Waals surface area contributed by atoms with Crippen molar-refractivity contribution in [1.82, 2.24) is 0 Å². The highest BCUT2D eigenvalue weighted by atomic mass is 16.3. The molecule has 0 fully saturated rings. The summed E-state index contributed by atoms with van der Waals surface area (Å²) in [6, 6.07) is 6.47. The first-order chi connectivity index (χ1) is 12.3. The van der Waals surface area contributed by atoms with Crippen molar-refractivity contribution in [3.8, 4) is 11.5 Å². The quantitative estimate of drug-likeness (QED) is 0.680. The largest absolute Gasteiger partial charge is 0.511 e. The zero-order valence-electron chi connectivity index (χ0n) is 13.9. The van der Waals surface area contributed by atoms with E-state index in [0.29, 0.717) is 17.4 Å². The SMILES string of the molecule is CC(=O)C1=C(O)C2C(=O)c3c(cc4cccc(O)c4c3O)CC2CC1=O. The molecule has 0 saturated heterocycles. The van der Waals surface area contributed by atoms with Crippen LogP contribution in [-0.2, 0) is 16.0 Å². The summed E-state index contributed by atoms with van der Waals surface area (Å²) >= 11 is 0. The molecule has 2 unspecified atom stereocenters. The molecule has 0 spiro atoms. The summed E-state index contributed by atoms with van der Waals surface area (Å²) in [6.07, 6.45) is 0.305. The molecule has 3 N–H and O–H groups in total. The van der Waals surface area contributed by atoms with E-state index in [1.807, 2.05) is 0 Å². The fourth-order valence-electron chi connectivity index (χ4n) is 4.23. The average Bonchev–Trinajstić information content (AvgIpc) is 2.53. The summed E-state index contributed by atoms with van der Waals surface area (Å²) in [4.78, 5) is 37.0. The number of hydrogen-bond acceptors (Lipinski definition) is 6. The third-order valence-electron chi connectivity index (χ3n) is 5.31. The van der Waals surface area contributed by atoms with Gasteiger partial charge in [0.05, 0.1) is 22.4 Å². The molecule has 4 rings (SSSR count). The maximum absolute atomic E-state index is 13.1. The van der Waals surface area contributed by atoms with Gasteiger partial charge in [0.25, 0.3) is 0 Å². The average molecular weight is 352 g/mol. The van der Waals surface area contributed by atoms with Gasteiger partial charge in [0.1, 0.15) is 17.3 Å². The Hall–Kier alpha value is -3.15. The van der Waals surface area contributed by atoms with Crippen molar-refractivity contribution in [3.63, 3.8) is 0 Å². The van der Waals surface area contributed by atoms with Gasteiger partial charge < -0.3 is 15.3 Å². The smallest absolute Gasteiger partial charge is 0.177 e. The molecular formula is C20H16O6. The van der Waals surface area contributed by atoms with Crippen LogP contribution in [0.3, 0.4) is 0 Å². The van der Waals surface area contributed by atoms with Crippen LogP contribution in [0.25, 0.3) is 10.8 Å². The number of ketones is 3. The summed E-state index contributed by atoms with van der Waals surface area (Å²) in [6.45, 7) is 1.17. The molecule has 0 heterocycles. The summed E-state index contributed by atoms with van der Waals surface area (Å²) in [5, 5.41) is 31.9. The van der Waals surface area contributed by atoms with Crippen molar-refractivity contribution in [2.75, 3.05) is 0 Å². The highest BCUT2D eigenvalue weighted by Crippen LogP contribution is 2.46. The van der Waals surface area contributed by atoms with Gasteiger partial charge in [-0.1, -0.05) is 18.2 Å². The van der Waals surface area contributed by atoms with Gasteiger partial charge >= 0.3 is 0 Å². The zero-order chi connectivity index (χ0) is 18.7. The first-order valence-electron chi connectivity index (χ1n) is 8.29. The van der Waals surface area contributed by atoms with Crippen LogP contribution in [0.5, 0.6) is 11.5 Å². The van der Waals surface area contributed by atoms with E-state index in [4.69, 9.17) is 0 Å². The van der Waals surface area contributed by atoms with E-state index in [9.17, 15) is 29.7 Å². The highest BCUT2D eigenvalue weighted by Gasteiger charge is 2.46. The summed E-state index contributed by atoms with van der Waals surface area (Å²) < 4.78 is 0. The molecule has 2 atom stereocenters. The molecule has 2 aromatic carbocycles. The Morgan fingerprint density at radius 3 is 2.54 bits per heavy atom. The molecule has 0 aliphatic heterocycles. The Morgan fingerprint density at radius 2 is 1.85 bits per heavy atom. The summed E-state index contributed by atoms with van der Waals surface area (Å²) in [5.74, 6) is -4.07. The molecule has 0 aromatic heterocycles. The van der Waals surface area contributed by atoms with E-state index < -0.39 is 34.9 Å². The number of hydrogen-bond donors (Lipinski definition) is 3. The number of phenolic OH excluding ortho intramolecular Hbond substituents is 2.